The molecule has 0 aliphatic heterocycles. The number of rotatable bonds is 6. The van der Waals surface area contributed by atoms with Crippen molar-refractivity contribution in [1.29, 1.82) is 0 Å². The smallest absolute Gasteiger partial charge is 0.289 e. The lowest BCUT2D eigenvalue weighted by atomic mass is 10.1. The Kier molecular flexibility index (Phi) is 6.20. The minimum atomic E-state index is -0.237. The monoisotopic (exact) mass is 511 g/mol. The molecule has 0 aliphatic rings. The van der Waals surface area contributed by atoms with Crippen LogP contribution in [0.2, 0.25) is 0 Å². The number of nitrogens with zero attached hydrogens (tertiary/aromatic N) is 1. The number of methoxy groups -OCH3 is 2. The second kappa shape index (κ2) is 8.45. The van der Waals surface area contributed by atoms with Crippen LogP contribution in [0.25, 0.3) is 11.0 Å². The number of carbonyl (C=O) groups excluding carboxylic acids is 1. The summed E-state index contributed by atoms with van der Waals surface area (Å²) in [5, 5.41) is 10.6. The highest BCUT2D eigenvalue weighted by Gasteiger charge is 2.20. The number of aromatic hydroxyl groups is 1. The fourth-order valence-electron chi connectivity index (χ4n) is 2.83. The third-order valence-electron chi connectivity index (χ3n) is 4.43. The molecule has 148 valence electrons. The van der Waals surface area contributed by atoms with E-state index in [0.29, 0.717) is 44.4 Å². The quantitative estimate of drug-likeness (QED) is 0.503. The summed E-state index contributed by atoms with van der Waals surface area (Å²) in [6.07, 6.45) is 0.652. The Morgan fingerprint density at radius 1 is 1.14 bits per heavy atom. The van der Waals surface area contributed by atoms with Crippen molar-refractivity contribution in [3.05, 3.63) is 50.6 Å². The lowest BCUT2D eigenvalue weighted by Crippen LogP contribution is -2.28. The first-order valence-electron chi connectivity index (χ1n) is 8.42. The van der Waals surface area contributed by atoms with Crippen LogP contribution in [0.15, 0.2) is 43.7 Å². The van der Waals surface area contributed by atoms with Gasteiger partial charge in [-0.2, -0.15) is 0 Å². The number of phenolic OH excluding ortho intramolecular Hbond substituents is 1. The first-order valence-corrected chi connectivity index (χ1v) is 10.0. The molecule has 0 spiro atoms. The largest absolute Gasteiger partial charge is 0.506 e. The number of hydrogen-bond donors (Lipinski definition) is 1. The maximum atomic E-state index is 12.7. The number of phenols is 1. The van der Waals surface area contributed by atoms with Crippen molar-refractivity contribution in [2.24, 2.45) is 0 Å². The van der Waals surface area contributed by atoms with E-state index in [-0.39, 0.29) is 17.4 Å². The molecule has 0 atom stereocenters. The maximum absolute atomic E-state index is 12.7. The summed E-state index contributed by atoms with van der Waals surface area (Å²) in [6, 6.07) is 8.95. The molecule has 0 unspecified atom stereocenters. The van der Waals surface area contributed by atoms with Crippen molar-refractivity contribution in [2.75, 3.05) is 27.8 Å². The van der Waals surface area contributed by atoms with Gasteiger partial charge in [0.2, 0.25) is 0 Å². The van der Waals surface area contributed by atoms with Gasteiger partial charge in [0, 0.05) is 19.0 Å². The minimum Gasteiger partial charge on any atom is -0.506 e. The van der Waals surface area contributed by atoms with Crippen LogP contribution in [0.5, 0.6) is 17.2 Å². The Hall–Kier alpha value is -2.19. The molecular formula is C20H19Br2NO5. The molecule has 3 rings (SSSR count). The van der Waals surface area contributed by atoms with E-state index < -0.39 is 0 Å². The van der Waals surface area contributed by atoms with Gasteiger partial charge in [0.25, 0.3) is 5.91 Å². The van der Waals surface area contributed by atoms with Gasteiger partial charge in [-0.15, -0.1) is 0 Å². The van der Waals surface area contributed by atoms with Crippen molar-refractivity contribution in [2.45, 2.75) is 6.42 Å². The number of halogens is 2. The molecule has 1 heterocycles. The van der Waals surface area contributed by atoms with Crippen LogP contribution in [0, 0.1) is 0 Å². The van der Waals surface area contributed by atoms with Crippen LogP contribution in [0.4, 0.5) is 0 Å². The van der Waals surface area contributed by atoms with Gasteiger partial charge in [0.05, 0.1) is 23.2 Å². The molecule has 0 saturated heterocycles. The summed E-state index contributed by atoms with van der Waals surface area (Å²) >= 11 is 6.59. The average molecular weight is 513 g/mol. The Morgan fingerprint density at radius 3 is 2.54 bits per heavy atom. The number of likely N-dealkylation sites (N-methyl/N-ethyl adjacent to an activating group) is 1. The van der Waals surface area contributed by atoms with Gasteiger partial charge in [-0.25, -0.2) is 0 Å². The summed E-state index contributed by atoms with van der Waals surface area (Å²) in [6.45, 7) is 0.501. The second-order valence-corrected chi connectivity index (χ2v) is 7.86. The highest BCUT2D eigenvalue weighted by atomic mass is 79.9. The molecule has 3 aromatic rings. The van der Waals surface area contributed by atoms with Crippen molar-refractivity contribution in [3.8, 4) is 17.2 Å². The molecule has 0 fully saturated rings. The van der Waals surface area contributed by atoms with Gasteiger partial charge < -0.3 is 23.9 Å². The molecule has 0 bridgehead atoms. The minimum absolute atomic E-state index is 0.0640. The summed E-state index contributed by atoms with van der Waals surface area (Å²) in [5.41, 5.74) is 1.53. The van der Waals surface area contributed by atoms with E-state index >= 15 is 0 Å². The number of furan rings is 1. The molecule has 0 radical (unpaired) electrons. The van der Waals surface area contributed by atoms with Crippen LogP contribution in [0.1, 0.15) is 16.1 Å². The normalized spacial score (nSPS) is 10.9. The average Bonchev–Trinajstić information content (AvgIpc) is 3.13. The van der Waals surface area contributed by atoms with E-state index in [2.05, 4.69) is 31.9 Å². The number of ether oxygens (including phenoxy) is 2. The van der Waals surface area contributed by atoms with Crippen LogP contribution >= 0.6 is 31.9 Å². The predicted molar refractivity (Wildman–Crippen MR) is 113 cm³/mol. The van der Waals surface area contributed by atoms with Crippen molar-refractivity contribution >= 4 is 48.7 Å². The first-order chi connectivity index (χ1) is 13.3. The van der Waals surface area contributed by atoms with Crippen molar-refractivity contribution in [3.63, 3.8) is 0 Å². The topological polar surface area (TPSA) is 72.1 Å². The van der Waals surface area contributed by atoms with Crippen LogP contribution < -0.4 is 9.47 Å². The third-order valence-corrected chi connectivity index (χ3v) is 5.84. The van der Waals surface area contributed by atoms with Crippen LogP contribution in [0.3, 0.4) is 0 Å². The van der Waals surface area contributed by atoms with E-state index in [1.807, 2.05) is 18.2 Å². The highest BCUT2D eigenvalue weighted by molar-refractivity contribution is 9.11. The molecule has 1 N–H and O–H groups in total. The zero-order valence-electron chi connectivity index (χ0n) is 15.6. The number of hydrogen-bond acceptors (Lipinski definition) is 5. The van der Waals surface area contributed by atoms with Gasteiger partial charge in [-0.1, -0.05) is 6.07 Å². The van der Waals surface area contributed by atoms with Gasteiger partial charge in [-0.3, -0.25) is 4.79 Å². The van der Waals surface area contributed by atoms with Gasteiger partial charge in [0.1, 0.15) is 11.3 Å². The Bertz CT molecular complexity index is 1030. The van der Waals surface area contributed by atoms with Gasteiger partial charge >= 0.3 is 0 Å². The Balaban J connectivity index is 1.74. The van der Waals surface area contributed by atoms with E-state index in [1.54, 1.807) is 38.3 Å². The third kappa shape index (κ3) is 3.98. The summed E-state index contributed by atoms with van der Waals surface area (Å²) in [5.74, 6) is 1.36. The lowest BCUT2D eigenvalue weighted by Gasteiger charge is -2.16. The fourth-order valence-corrected chi connectivity index (χ4v) is 4.02. The summed E-state index contributed by atoms with van der Waals surface area (Å²) in [4.78, 5) is 14.3. The zero-order chi connectivity index (χ0) is 20.4. The number of fused-ring (bicyclic) bond motifs is 1. The molecule has 0 saturated carbocycles. The molecule has 28 heavy (non-hydrogen) atoms. The van der Waals surface area contributed by atoms with Gasteiger partial charge in [-0.05, 0) is 68.1 Å². The number of benzene rings is 2. The van der Waals surface area contributed by atoms with Crippen molar-refractivity contribution < 1.29 is 23.8 Å². The second-order valence-electron chi connectivity index (χ2n) is 6.21. The SMILES string of the molecule is COc1ccc(CCN(C)C(=O)c2cc3c(Br)c(O)c(Br)cc3o2)cc1OC. The zero-order valence-corrected chi connectivity index (χ0v) is 18.8. The van der Waals surface area contributed by atoms with E-state index in [1.165, 1.54) is 0 Å². The van der Waals surface area contributed by atoms with E-state index in [0.717, 1.165) is 5.56 Å². The molecule has 8 heteroatoms. The standard InChI is InChI=1S/C20H19Br2NO5/c1-23(7-6-11-4-5-14(26-2)16(8-11)27-3)20(25)17-9-12-15(28-17)10-13(21)19(24)18(12)22/h4-5,8-10,24H,6-7H2,1-3H3. The first kappa shape index (κ1) is 20.5. The Labute approximate surface area is 179 Å². The highest BCUT2D eigenvalue weighted by Crippen LogP contribution is 2.40. The van der Waals surface area contributed by atoms with Crippen LogP contribution in [-0.4, -0.2) is 43.7 Å². The fraction of sp³-hybridized carbons (Fsp3) is 0.250. The maximum Gasteiger partial charge on any atom is 0.289 e. The predicted octanol–water partition coefficient (Wildman–Crippen LogP) is 5.00. The van der Waals surface area contributed by atoms with Crippen LogP contribution in [-0.2, 0) is 6.42 Å². The number of amides is 1. The molecule has 0 aliphatic carbocycles. The molecule has 1 aromatic heterocycles. The van der Waals surface area contributed by atoms with E-state index in [4.69, 9.17) is 13.9 Å². The molecule has 2 aromatic carbocycles. The summed E-state index contributed by atoms with van der Waals surface area (Å²) in [7, 11) is 4.90. The molecule has 6 nitrogen and oxygen atoms in total. The van der Waals surface area contributed by atoms with Crippen molar-refractivity contribution in [1.82, 2.24) is 4.90 Å². The van der Waals surface area contributed by atoms with E-state index in [9.17, 15) is 9.90 Å². The lowest BCUT2D eigenvalue weighted by molar-refractivity contribution is 0.0767. The summed E-state index contributed by atoms with van der Waals surface area (Å²) < 4.78 is 17.2. The molecular weight excluding hydrogens is 494 g/mol. The number of carbonyl (C=O) groups is 1. The van der Waals surface area contributed by atoms with Gasteiger partial charge in [0.15, 0.2) is 17.3 Å². The Morgan fingerprint density at radius 2 is 1.86 bits per heavy atom. The molecule has 1 amide bonds.